The second-order valence-electron chi connectivity index (χ2n) is 2.97. The van der Waals surface area contributed by atoms with Crippen LogP contribution in [-0.2, 0) is 6.42 Å². The fourth-order valence-corrected chi connectivity index (χ4v) is 1.40. The number of hydrogen-bond acceptors (Lipinski definition) is 4. The molecule has 0 unspecified atom stereocenters. The van der Waals surface area contributed by atoms with Crippen LogP contribution in [0.5, 0.6) is 0 Å². The van der Waals surface area contributed by atoms with Gasteiger partial charge in [0.15, 0.2) is 0 Å². The third-order valence-electron chi connectivity index (χ3n) is 1.91. The molecule has 76 valence electrons. The first-order valence-electron chi connectivity index (χ1n) is 4.58. The second-order valence-corrected chi connectivity index (χ2v) is 3.36. The molecule has 0 aliphatic carbocycles. The molecule has 0 aliphatic heterocycles. The van der Waals surface area contributed by atoms with Crippen molar-refractivity contribution in [3.63, 3.8) is 0 Å². The first kappa shape index (κ1) is 9.98. The molecule has 2 aromatic rings. The molecule has 15 heavy (non-hydrogen) atoms. The standard InChI is InChI=1S/C10H9ClN4/c1-2-10-14-8(3-9(11)15-10)7-4-12-6-13-5-7/h3-6H,2H2,1H3. The zero-order valence-electron chi connectivity index (χ0n) is 8.18. The van der Waals surface area contributed by atoms with Crippen LogP contribution in [0.3, 0.4) is 0 Å². The average molecular weight is 221 g/mol. The first-order chi connectivity index (χ1) is 7.29. The van der Waals surface area contributed by atoms with Crippen molar-refractivity contribution in [3.8, 4) is 11.3 Å². The van der Waals surface area contributed by atoms with Crippen LogP contribution in [0.25, 0.3) is 11.3 Å². The van der Waals surface area contributed by atoms with E-state index in [-0.39, 0.29) is 0 Å². The zero-order chi connectivity index (χ0) is 10.7. The Morgan fingerprint density at radius 3 is 2.60 bits per heavy atom. The van der Waals surface area contributed by atoms with Crippen LogP contribution in [0.15, 0.2) is 24.8 Å². The highest BCUT2D eigenvalue weighted by molar-refractivity contribution is 6.29. The van der Waals surface area contributed by atoms with Gasteiger partial charge >= 0.3 is 0 Å². The van der Waals surface area contributed by atoms with E-state index in [2.05, 4.69) is 19.9 Å². The Hall–Kier alpha value is -1.55. The van der Waals surface area contributed by atoms with Crippen LogP contribution in [-0.4, -0.2) is 19.9 Å². The monoisotopic (exact) mass is 220 g/mol. The highest BCUT2D eigenvalue weighted by Gasteiger charge is 2.04. The zero-order valence-corrected chi connectivity index (χ0v) is 8.94. The van der Waals surface area contributed by atoms with E-state index >= 15 is 0 Å². The summed E-state index contributed by atoms with van der Waals surface area (Å²) in [6.07, 6.45) is 5.63. The third kappa shape index (κ3) is 2.27. The molecule has 2 heterocycles. The van der Waals surface area contributed by atoms with Gasteiger partial charge in [-0.05, 0) is 0 Å². The molecular weight excluding hydrogens is 212 g/mol. The number of rotatable bonds is 2. The molecule has 5 heteroatoms. The summed E-state index contributed by atoms with van der Waals surface area (Å²) in [4.78, 5) is 16.3. The van der Waals surface area contributed by atoms with E-state index in [1.165, 1.54) is 6.33 Å². The molecule has 0 aromatic carbocycles. The maximum atomic E-state index is 5.89. The molecule has 0 amide bonds. The van der Waals surface area contributed by atoms with Crippen molar-refractivity contribution < 1.29 is 0 Å². The van der Waals surface area contributed by atoms with Gasteiger partial charge in [-0.25, -0.2) is 19.9 Å². The van der Waals surface area contributed by atoms with Gasteiger partial charge in [-0.2, -0.15) is 0 Å². The smallest absolute Gasteiger partial charge is 0.133 e. The Morgan fingerprint density at radius 2 is 1.93 bits per heavy atom. The predicted molar refractivity (Wildman–Crippen MR) is 57.4 cm³/mol. The van der Waals surface area contributed by atoms with E-state index in [1.807, 2.05) is 6.92 Å². The minimum absolute atomic E-state index is 0.445. The van der Waals surface area contributed by atoms with Gasteiger partial charge in [0.05, 0.1) is 5.69 Å². The fraction of sp³-hybridized carbons (Fsp3) is 0.200. The Balaban J connectivity index is 2.49. The molecule has 0 atom stereocenters. The molecule has 2 aromatic heterocycles. The molecular formula is C10H9ClN4. The van der Waals surface area contributed by atoms with Crippen molar-refractivity contribution in [1.29, 1.82) is 0 Å². The van der Waals surface area contributed by atoms with Crippen LogP contribution in [0.1, 0.15) is 12.7 Å². The fourth-order valence-electron chi connectivity index (χ4n) is 1.20. The molecule has 0 saturated heterocycles. The molecule has 4 nitrogen and oxygen atoms in total. The van der Waals surface area contributed by atoms with Crippen molar-refractivity contribution in [3.05, 3.63) is 35.8 Å². The summed E-state index contributed by atoms with van der Waals surface area (Å²) in [6.45, 7) is 1.98. The maximum Gasteiger partial charge on any atom is 0.133 e. The Bertz CT molecular complexity index is 458. The van der Waals surface area contributed by atoms with Crippen molar-refractivity contribution in [1.82, 2.24) is 19.9 Å². The SMILES string of the molecule is CCc1nc(Cl)cc(-c2cncnc2)n1. The summed E-state index contributed by atoms with van der Waals surface area (Å²) < 4.78 is 0. The second kappa shape index (κ2) is 4.31. The van der Waals surface area contributed by atoms with E-state index in [9.17, 15) is 0 Å². The van der Waals surface area contributed by atoms with E-state index < -0.39 is 0 Å². The number of halogens is 1. The lowest BCUT2D eigenvalue weighted by Gasteiger charge is -2.02. The number of aromatic nitrogens is 4. The normalized spacial score (nSPS) is 10.3. The minimum Gasteiger partial charge on any atom is -0.244 e. The van der Waals surface area contributed by atoms with Crippen LogP contribution in [0, 0.1) is 0 Å². The summed E-state index contributed by atoms with van der Waals surface area (Å²) >= 11 is 5.89. The molecule has 0 saturated carbocycles. The average Bonchev–Trinajstić information content (AvgIpc) is 2.29. The topological polar surface area (TPSA) is 51.6 Å². The van der Waals surface area contributed by atoms with Gasteiger partial charge in [-0.15, -0.1) is 0 Å². The molecule has 0 N–H and O–H groups in total. The maximum absolute atomic E-state index is 5.89. The molecule has 2 rings (SSSR count). The van der Waals surface area contributed by atoms with Crippen molar-refractivity contribution >= 4 is 11.6 Å². The van der Waals surface area contributed by atoms with Gasteiger partial charge in [-0.1, -0.05) is 18.5 Å². The van der Waals surface area contributed by atoms with Crippen LogP contribution in [0.2, 0.25) is 5.15 Å². The molecule has 0 radical (unpaired) electrons. The largest absolute Gasteiger partial charge is 0.244 e. The third-order valence-corrected chi connectivity index (χ3v) is 2.11. The molecule has 0 bridgehead atoms. The summed E-state index contributed by atoms with van der Waals surface area (Å²) in [6, 6.07) is 1.71. The van der Waals surface area contributed by atoms with E-state index in [1.54, 1.807) is 18.5 Å². The van der Waals surface area contributed by atoms with E-state index in [0.717, 1.165) is 23.5 Å². The van der Waals surface area contributed by atoms with Gasteiger partial charge in [0.25, 0.3) is 0 Å². The number of nitrogens with zero attached hydrogens (tertiary/aromatic N) is 4. The van der Waals surface area contributed by atoms with Gasteiger partial charge < -0.3 is 0 Å². The van der Waals surface area contributed by atoms with Gasteiger partial charge in [-0.3, -0.25) is 0 Å². The van der Waals surface area contributed by atoms with Crippen LogP contribution in [0.4, 0.5) is 0 Å². The summed E-state index contributed by atoms with van der Waals surface area (Å²) in [5, 5.41) is 0.445. The first-order valence-corrected chi connectivity index (χ1v) is 4.96. The van der Waals surface area contributed by atoms with Gasteiger partial charge in [0.2, 0.25) is 0 Å². The summed E-state index contributed by atoms with van der Waals surface area (Å²) in [5.41, 5.74) is 1.60. The Labute approximate surface area is 92.4 Å². The van der Waals surface area contributed by atoms with Crippen molar-refractivity contribution in [2.24, 2.45) is 0 Å². The quantitative estimate of drug-likeness (QED) is 0.728. The summed E-state index contributed by atoms with van der Waals surface area (Å²) in [7, 11) is 0. The van der Waals surface area contributed by atoms with Crippen LogP contribution >= 0.6 is 11.6 Å². The Kier molecular flexibility index (Phi) is 2.87. The van der Waals surface area contributed by atoms with Crippen molar-refractivity contribution in [2.75, 3.05) is 0 Å². The lowest BCUT2D eigenvalue weighted by atomic mass is 10.2. The lowest BCUT2D eigenvalue weighted by molar-refractivity contribution is 0.942. The molecule has 0 spiro atoms. The van der Waals surface area contributed by atoms with E-state index in [4.69, 9.17) is 11.6 Å². The van der Waals surface area contributed by atoms with Gasteiger partial charge in [0, 0.05) is 30.4 Å². The summed E-state index contributed by atoms with van der Waals surface area (Å²) in [5.74, 6) is 0.723. The highest BCUT2D eigenvalue weighted by Crippen LogP contribution is 2.18. The number of aryl methyl sites for hydroxylation is 1. The Morgan fingerprint density at radius 1 is 1.20 bits per heavy atom. The van der Waals surface area contributed by atoms with Crippen LogP contribution < -0.4 is 0 Å². The number of hydrogen-bond donors (Lipinski definition) is 0. The lowest BCUT2D eigenvalue weighted by Crippen LogP contribution is -1.96. The predicted octanol–water partition coefficient (Wildman–Crippen LogP) is 2.15. The minimum atomic E-state index is 0.445. The van der Waals surface area contributed by atoms with Crippen molar-refractivity contribution in [2.45, 2.75) is 13.3 Å². The van der Waals surface area contributed by atoms with Gasteiger partial charge in [0.1, 0.15) is 17.3 Å². The van der Waals surface area contributed by atoms with E-state index in [0.29, 0.717) is 5.15 Å². The molecule has 0 fully saturated rings. The molecule has 0 aliphatic rings. The highest BCUT2D eigenvalue weighted by atomic mass is 35.5.